The van der Waals surface area contributed by atoms with Crippen molar-refractivity contribution in [2.45, 2.75) is 25.0 Å². The first-order chi connectivity index (χ1) is 12.5. The van der Waals surface area contributed by atoms with Gasteiger partial charge < -0.3 is 5.32 Å². The Morgan fingerprint density at radius 2 is 2.04 bits per heavy atom. The van der Waals surface area contributed by atoms with E-state index in [2.05, 4.69) is 24.1 Å². The van der Waals surface area contributed by atoms with Crippen molar-refractivity contribution in [2.24, 2.45) is 13.0 Å². The summed E-state index contributed by atoms with van der Waals surface area (Å²) in [5, 5.41) is 6.24. The summed E-state index contributed by atoms with van der Waals surface area (Å²) in [6.45, 7) is 4.18. The Labute approximate surface area is 160 Å². The molecule has 1 atom stereocenters. The molecule has 0 fully saturated rings. The highest BCUT2D eigenvalue weighted by molar-refractivity contribution is 7.99. The molecule has 3 rings (SSSR count). The largest absolute Gasteiger partial charge is 0.347 e. The molecular weight excluding hydrogens is 366 g/mol. The third-order valence-corrected chi connectivity index (χ3v) is 6.09. The van der Waals surface area contributed by atoms with Gasteiger partial charge in [0.05, 0.1) is 22.7 Å². The molecule has 0 bridgehead atoms. The highest BCUT2D eigenvalue weighted by atomic mass is 32.2. The lowest BCUT2D eigenvalue weighted by atomic mass is 10.0. The van der Waals surface area contributed by atoms with E-state index in [-0.39, 0.29) is 23.3 Å². The number of para-hydroxylation sites is 1. The number of thioether (sulfide) groups is 1. The molecule has 0 saturated heterocycles. The van der Waals surface area contributed by atoms with Crippen LogP contribution in [0.4, 0.5) is 0 Å². The zero-order chi connectivity index (χ0) is 18.7. The fraction of sp³-hybridized carbons (Fsp3) is 0.316. The Bertz CT molecular complexity index is 965. The number of benzene rings is 1. The minimum absolute atomic E-state index is 0.00326. The third-order valence-electron chi connectivity index (χ3n) is 4.11. The highest BCUT2D eigenvalue weighted by Gasteiger charge is 2.19. The number of nitrogens with zero attached hydrogens (tertiary/aromatic N) is 2. The van der Waals surface area contributed by atoms with Crippen LogP contribution in [0, 0.1) is 5.92 Å². The summed E-state index contributed by atoms with van der Waals surface area (Å²) in [7, 11) is 1.69. The summed E-state index contributed by atoms with van der Waals surface area (Å²) in [5.41, 5.74) is 0.550. The number of hydrogen-bond acceptors (Lipinski definition) is 5. The van der Waals surface area contributed by atoms with Crippen molar-refractivity contribution in [3.8, 4) is 0 Å². The van der Waals surface area contributed by atoms with Gasteiger partial charge in [-0.05, 0) is 29.5 Å². The Balaban J connectivity index is 1.72. The maximum absolute atomic E-state index is 12.4. The normalized spacial score (nSPS) is 12.5. The van der Waals surface area contributed by atoms with E-state index >= 15 is 0 Å². The molecule has 136 valence electrons. The second-order valence-corrected chi connectivity index (χ2v) is 8.29. The van der Waals surface area contributed by atoms with Crippen molar-refractivity contribution in [3.63, 3.8) is 0 Å². The van der Waals surface area contributed by atoms with Gasteiger partial charge in [-0.3, -0.25) is 14.2 Å². The number of carbonyl (C=O) groups is 1. The molecule has 26 heavy (non-hydrogen) atoms. The summed E-state index contributed by atoms with van der Waals surface area (Å²) in [6, 6.07) is 11.3. The number of thiophene rings is 1. The Morgan fingerprint density at radius 1 is 1.27 bits per heavy atom. The Kier molecular flexibility index (Phi) is 5.78. The quantitative estimate of drug-likeness (QED) is 0.518. The van der Waals surface area contributed by atoms with Crippen LogP contribution in [-0.2, 0) is 11.8 Å². The molecule has 1 aromatic carbocycles. The maximum atomic E-state index is 12.4. The summed E-state index contributed by atoms with van der Waals surface area (Å²) in [5.74, 6) is 0.447. The van der Waals surface area contributed by atoms with Crippen LogP contribution in [0.25, 0.3) is 10.9 Å². The lowest BCUT2D eigenvalue weighted by molar-refractivity contribution is -0.119. The zero-order valence-electron chi connectivity index (χ0n) is 14.9. The number of hydrogen-bond donors (Lipinski definition) is 1. The fourth-order valence-corrected chi connectivity index (χ4v) is 4.44. The van der Waals surface area contributed by atoms with E-state index in [1.807, 2.05) is 35.7 Å². The lowest BCUT2D eigenvalue weighted by Crippen LogP contribution is -2.32. The first-order valence-corrected chi connectivity index (χ1v) is 10.2. The second kappa shape index (κ2) is 8.05. The van der Waals surface area contributed by atoms with Crippen LogP contribution in [0.15, 0.2) is 51.7 Å². The van der Waals surface area contributed by atoms with Gasteiger partial charge >= 0.3 is 0 Å². The average Bonchev–Trinajstić information content (AvgIpc) is 3.15. The zero-order valence-corrected chi connectivity index (χ0v) is 16.6. The van der Waals surface area contributed by atoms with E-state index in [9.17, 15) is 9.59 Å². The summed E-state index contributed by atoms with van der Waals surface area (Å²) < 4.78 is 1.50. The van der Waals surface area contributed by atoms with Crippen molar-refractivity contribution in [3.05, 3.63) is 57.0 Å². The van der Waals surface area contributed by atoms with Gasteiger partial charge in [-0.1, -0.05) is 43.8 Å². The number of nitrogens with one attached hydrogen (secondary N) is 1. The molecule has 0 aliphatic rings. The molecule has 1 unspecified atom stereocenters. The molecular formula is C19H21N3O2S2. The van der Waals surface area contributed by atoms with Crippen LogP contribution in [0.5, 0.6) is 0 Å². The minimum atomic E-state index is -0.0999. The van der Waals surface area contributed by atoms with Gasteiger partial charge in [0.1, 0.15) is 0 Å². The first kappa shape index (κ1) is 18.7. The van der Waals surface area contributed by atoms with Crippen LogP contribution in [-0.4, -0.2) is 21.2 Å². The molecule has 0 spiro atoms. The van der Waals surface area contributed by atoms with E-state index in [1.54, 1.807) is 24.5 Å². The van der Waals surface area contributed by atoms with Gasteiger partial charge in [0.2, 0.25) is 5.91 Å². The molecule has 1 N–H and O–H groups in total. The van der Waals surface area contributed by atoms with Crippen molar-refractivity contribution in [1.82, 2.24) is 14.9 Å². The van der Waals surface area contributed by atoms with Gasteiger partial charge in [0, 0.05) is 11.9 Å². The van der Waals surface area contributed by atoms with E-state index < -0.39 is 0 Å². The molecule has 0 aliphatic carbocycles. The van der Waals surface area contributed by atoms with Gasteiger partial charge in [-0.2, -0.15) is 0 Å². The number of rotatable bonds is 6. The number of fused-ring (bicyclic) bond motifs is 1. The van der Waals surface area contributed by atoms with Crippen LogP contribution >= 0.6 is 23.1 Å². The van der Waals surface area contributed by atoms with Crippen molar-refractivity contribution < 1.29 is 4.79 Å². The number of amides is 1. The molecule has 7 heteroatoms. The van der Waals surface area contributed by atoms with Gasteiger partial charge in [-0.25, -0.2) is 4.98 Å². The molecule has 3 aromatic rings. The van der Waals surface area contributed by atoms with Crippen LogP contribution in [0.3, 0.4) is 0 Å². The van der Waals surface area contributed by atoms with Crippen LogP contribution in [0.2, 0.25) is 0 Å². The second-order valence-electron chi connectivity index (χ2n) is 6.37. The smallest absolute Gasteiger partial charge is 0.261 e. The van der Waals surface area contributed by atoms with Crippen molar-refractivity contribution in [2.75, 3.05) is 5.75 Å². The van der Waals surface area contributed by atoms with E-state index in [0.29, 0.717) is 22.0 Å². The molecule has 0 radical (unpaired) electrons. The van der Waals surface area contributed by atoms with Crippen molar-refractivity contribution in [1.29, 1.82) is 0 Å². The molecule has 1 amide bonds. The van der Waals surface area contributed by atoms with Crippen molar-refractivity contribution >= 4 is 39.9 Å². The predicted octanol–water partition coefficient (Wildman–Crippen LogP) is 3.60. The number of aromatic nitrogens is 2. The predicted molar refractivity (Wildman–Crippen MR) is 108 cm³/mol. The summed E-state index contributed by atoms with van der Waals surface area (Å²) >= 11 is 2.92. The van der Waals surface area contributed by atoms with E-state index in [0.717, 1.165) is 4.88 Å². The first-order valence-electron chi connectivity index (χ1n) is 8.38. The topological polar surface area (TPSA) is 64.0 Å². The molecule has 0 aliphatic heterocycles. The highest BCUT2D eigenvalue weighted by Crippen LogP contribution is 2.26. The van der Waals surface area contributed by atoms with Gasteiger partial charge in [0.15, 0.2) is 5.16 Å². The Hall–Kier alpha value is -2.12. The van der Waals surface area contributed by atoms with Gasteiger partial charge in [0.25, 0.3) is 5.56 Å². The Morgan fingerprint density at radius 3 is 2.73 bits per heavy atom. The minimum Gasteiger partial charge on any atom is -0.347 e. The average molecular weight is 388 g/mol. The summed E-state index contributed by atoms with van der Waals surface area (Å²) in [4.78, 5) is 30.5. The standard InChI is InChI=1S/C19H21N3O2S2/c1-12(2)17(15-9-6-10-25-15)21-16(23)11-26-19-20-14-8-5-4-7-13(14)18(24)22(19)3/h4-10,12,17H,11H2,1-3H3,(H,21,23). The van der Waals surface area contributed by atoms with Crippen LogP contribution in [0.1, 0.15) is 24.8 Å². The molecule has 0 saturated carbocycles. The third kappa shape index (κ3) is 3.99. The fourth-order valence-electron chi connectivity index (χ4n) is 2.71. The summed E-state index contributed by atoms with van der Waals surface area (Å²) in [6.07, 6.45) is 0. The molecule has 5 nitrogen and oxygen atoms in total. The molecule has 2 heterocycles. The van der Waals surface area contributed by atoms with E-state index in [4.69, 9.17) is 0 Å². The van der Waals surface area contributed by atoms with E-state index in [1.165, 1.54) is 16.3 Å². The lowest BCUT2D eigenvalue weighted by Gasteiger charge is -2.21. The van der Waals surface area contributed by atoms with Crippen LogP contribution < -0.4 is 10.9 Å². The monoisotopic (exact) mass is 387 g/mol. The molecule has 2 aromatic heterocycles. The SMILES string of the molecule is CC(C)C(NC(=O)CSc1nc2ccccc2c(=O)n1C)c1cccs1. The van der Waals surface area contributed by atoms with Gasteiger partial charge in [-0.15, -0.1) is 11.3 Å². The maximum Gasteiger partial charge on any atom is 0.261 e. The number of carbonyl (C=O) groups excluding carboxylic acids is 1.